The van der Waals surface area contributed by atoms with Crippen LogP contribution in [-0.2, 0) is 4.79 Å². The molecule has 5 aromatic carbocycles. The predicted molar refractivity (Wildman–Crippen MR) is 176 cm³/mol. The molecule has 0 unspecified atom stereocenters. The van der Waals surface area contributed by atoms with Gasteiger partial charge in [-0.05, 0) is 91.7 Å². The number of aryl methyl sites for hydroxylation is 2. The maximum atomic E-state index is 14.2. The molecule has 0 aromatic heterocycles. The molecule has 0 fully saturated rings. The lowest BCUT2D eigenvalue weighted by Gasteiger charge is -2.28. The molecule has 0 aliphatic rings. The van der Waals surface area contributed by atoms with Gasteiger partial charge in [0.2, 0.25) is 4.77 Å². The molecular formula is C36H31ClN2O2P+. The van der Waals surface area contributed by atoms with E-state index in [1.165, 1.54) is 0 Å². The maximum absolute atomic E-state index is 14.2. The lowest BCUT2D eigenvalue weighted by Crippen LogP contribution is -2.37. The highest BCUT2D eigenvalue weighted by atomic mass is 35.5. The van der Waals surface area contributed by atoms with Crippen LogP contribution in [0.25, 0.3) is 0 Å². The van der Waals surface area contributed by atoms with Crippen molar-refractivity contribution in [3.8, 4) is 0 Å². The number of carbonyl (C=O) groups is 2. The lowest BCUT2D eigenvalue weighted by atomic mass is 10.1. The highest BCUT2D eigenvalue weighted by Crippen LogP contribution is 2.64. The Morgan fingerprint density at radius 1 is 0.595 bits per heavy atom. The summed E-state index contributed by atoms with van der Waals surface area (Å²) in [6.45, 7) is 3.87. The van der Waals surface area contributed by atoms with Gasteiger partial charge in [0.05, 0.1) is 0 Å². The van der Waals surface area contributed by atoms with E-state index in [0.717, 1.165) is 27.0 Å². The fourth-order valence-electron chi connectivity index (χ4n) is 5.00. The fourth-order valence-corrected chi connectivity index (χ4v) is 9.94. The van der Waals surface area contributed by atoms with Gasteiger partial charge in [-0.2, -0.15) is 0 Å². The maximum Gasteiger partial charge on any atom is 0.277 e. The summed E-state index contributed by atoms with van der Waals surface area (Å²) in [4.78, 5) is 27.9. The van der Waals surface area contributed by atoms with Gasteiger partial charge in [0.25, 0.3) is 11.8 Å². The Labute approximate surface area is 252 Å². The number of anilines is 1. The van der Waals surface area contributed by atoms with Crippen LogP contribution in [0.1, 0.15) is 21.5 Å². The smallest absolute Gasteiger partial charge is 0.277 e. The number of benzene rings is 5. The number of amides is 2. The molecular weight excluding hydrogens is 559 g/mol. The van der Waals surface area contributed by atoms with Crippen LogP contribution in [-0.4, -0.2) is 11.8 Å². The number of nitrogens with one attached hydrogen (secondary N) is 2. The molecule has 5 rings (SSSR count). The first-order valence-corrected chi connectivity index (χ1v) is 15.8. The summed E-state index contributed by atoms with van der Waals surface area (Å²) in [5.74, 6) is -0.919. The minimum atomic E-state index is -2.86. The van der Waals surface area contributed by atoms with E-state index in [-0.39, 0.29) is 10.5 Å². The zero-order valence-electron chi connectivity index (χ0n) is 23.4. The zero-order valence-corrected chi connectivity index (χ0v) is 25.1. The van der Waals surface area contributed by atoms with Gasteiger partial charge in [-0.1, -0.05) is 84.4 Å². The Hall–Kier alpha value is -4.50. The normalized spacial score (nSPS) is 11.8. The van der Waals surface area contributed by atoms with Crippen LogP contribution in [0.3, 0.4) is 0 Å². The van der Waals surface area contributed by atoms with Gasteiger partial charge in [-0.25, -0.2) is 0 Å². The Kier molecular flexibility index (Phi) is 8.97. The highest BCUT2D eigenvalue weighted by molar-refractivity contribution is 8.00. The van der Waals surface area contributed by atoms with Crippen LogP contribution in [0.4, 0.5) is 5.69 Å². The van der Waals surface area contributed by atoms with Gasteiger partial charge in [-0.3, -0.25) is 9.59 Å². The molecule has 0 bridgehead atoms. The molecule has 0 aliphatic heterocycles. The average molecular weight is 590 g/mol. The summed E-state index contributed by atoms with van der Waals surface area (Å²) in [5, 5.41) is 8.78. The van der Waals surface area contributed by atoms with Crippen LogP contribution in [0.5, 0.6) is 0 Å². The van der Waals surface area contributed by atoms with Gasteiger partial charge in [0.15, 0.2) is 13.0 Å². The summed E-state index contributed by atoms with van der Waals surface area (Å²) < 4.78 is 0.275. The second kappa shape index (κ2) is 13.0. The van der Waals surface area contributed by atoms with E-state index >= 15 is 0 Å². The van der Waals surface area contributed by atoms with E-state index in [1.807, 2.05) is 141 Å². The second-order valence-electron chi connectivity index (χ2n) is 9.99. The molecule has 0 radical (unpaired) electrons. The van der Waals surface area contributed by atoms with E-state index in [4.69, 9.17) is 11.6 Å². The third-order valence-corrected chi connectivity index (χ3v) is 11.9. The Morgan fingerprint density at radius 3 is 1.55 bits per heavy atom. The van der Waals surface area contributed by atoms with Crippen LogP contribution in [0, 0.1) is 13.8 Å². The van der Waals surface area contributed by atoms with Crippen molar-refractivity contribution in [1.29, 1.82) is 0 Å². The van der Waals surface area contributed by atoms with Crippen LogP contribution in [0.2, 0.25) is 0 Å². The first-order valence-electron chi connectivity index (χ1n) is 13.6. The molecule has 0 saturated carbocycles. The third kappa shape index (κ3) is 6.06. The SMILES string of the molecule is Cc1cccc(NC(=O)/C(NC(=O)c2cccc(C)c2)=C(/Cl)[P+](c2ccccc2)(c2ccccc2)c2ccccc2)c1. The minimum Gasteiger partial charge on any atom is -0.321 e. The second-order valence-corrected chi connectivity index (χ2v) is 14.0. The van der Waals surface area contributed by atoms with E-state index < -0.39 is 19.1 Å². The minimum absolute atomic E-state index is 0.00886. The first kappa shape index (κ1) is 29.0. The van der Waals surface area contributed by atoms with Crippen molar-refractivity contribution in [2.24, 2.45) is 0 Å². The number of carbonyl (C=O) groups excluding carboxylic acids is 2. The summed E-state index contributed by atoms with van der Waals surface area (Å²) in [7, 11) is -2.86. The van der Waals surface area contributed by atoms with Gasteiger partial charge >= 0.3 is 0 Å². The Bertz CT molecular complexity index is 1640. The van der Waals surface area contributed by atoms with E-state index in [1.54, 1.807) is 12.1 Å². The van der Waals surface area contributed by atoms with Gasteiger partial charge < -0.3 is 10.6 Å². The average Bonchev–Trinajstić information content (AvgIpc) is 3.01. The number of hydrogen-bond acceptors (Lipinski definition) is 2. The van der Waals surface area contributed by atoms with Crippen LogP contribution >= 0.6 is 18.9 Å². The van der Waals surface area contributed by atoms with Crippen molar-refractivity contribution in [2.75, 3.05) is 5.32 Å². The molecule has 208 valence electrons. The lowest BCUT2D eigenvalue weighted by molar-refractivity contribution is -0.113. The number of rotatable bonds is 8. The van der Waals surface area contributed by atoms with E-state index in [2.05, 4.69) is 10.6 Å². The standard InChI is InChI=1S/C36H30ClN2O2P/c1-26-14-12-16-28(24-26)35(40)39-33(36(41)38-29-17-13-15-27(2)25-29)34(37)42(30-18-6-3-7-19-30,31-20-8-4-9-21-31)32-22-10-5-11-23-32/h3-25H,1-2H3,(H-,38,39,40,41)/p+1/b34-33+. The zero-order chi connectivity index (χ0) is 29.5. The topological polar surface area (TPSA) is 58.2 Å². The van der Waals surface area contributed by atoms with Crippen molar-refractivity contribution in [1.82, 2.24) is 5.32 Å². The Morgan fingerprint density at radius 2 is 1.07 bits per heavy atom. The molecule has 0 aliphatic carbocycles. The van der Waals surface area contributed by atoms with Gasteiger partial charge in [0.1, 0.15) is 15.9 Å². The van der Waals surface area contributed by atoms with Crippen LogP contribution < -0.4 is 26.5 Å². The van der Waals surface area contributed by atoms with E-state index in [9.17, 15) is 9.59 Å². The van der Waals surface area contributed by atoms with Crippen molar-refractivity contribution in [2.45, 2.75) is 13.8 Å². The number of hydrogen-bond donors (Lipinski definition) is 2. The van der Waals surface area contributed by atoms with Crippen molar-refractivity contribution in [3.05, 3.63) is 167 Å². The van der Waals surface area contributed by atoms with Gasteiger partial charge in [-0.15, -0.1) is 0 Å². The molecule has 5 aromatic rings. The summed E-state index contributed by atoms with van der Waals surface area (Å²) in [6, 6.07) is 44.7. The first-order chi connectivity index (χ1) is 20.4. The third-order valence-electron chi connectivity index (χ3n) is 6.95. The van der Waals surface area contributed by atoms with Crippen molar-refractivity contribution in [3.63, 3.8) is 0 Å². The monoisotopic (exact) mass is 589 g/mol. The van der Waals surface area contributed by atoms with Crippen LogP contribution in [0.15, 0.2) is 150 Å². The predicted octanol–water partition coefficient (Wildman–Crippen LogP) is 7.07. The highest BCUT2D eigenvalue weighted by Gasteiger charge is 2.52. The summed E-state index contributed by atoms with van der Waals surface area (Å²) >= 11 is 7.58. The number of halogens is 1. The molecule has 0 heterocycles. The van der Waals surface area contributed by atoms with Crippen molar-refractivity contribution < 1.29 is 9.59 Å². The van der Waals surface area contributed by atoms with Gasteiger partial charge in [0, 0.05) is 11.3 Å². The van der Waals surface area contributed by atoms with E-state index in [0.29, 0.717) is 11.3 Å². The van der Waals surface area contributed by atoms with Crippen molar-refractivity contribution >= 4 is 52.3 Å². The largest absolute Gasteiger partial charge is 0.321 e. The molecule has 42 heavy (non-hydrogen) atoms. The molecule has 2 amide bonds. The Balaban J connectivity index is 1.79. The molecule has 0 spiro atoms. The molecule has 6 heteroatoms. The summed E-state index contributed by atoms with van der Waals surface area (Å²) in [5.41, 5.74) is 2.98. The molecule has 0 atom stereocenters. The molecule has 2 N–H and O–H groups in total. The molecule has 4 nitrogen and oxygen atoms in total. The molecule has 0 saturated heterocycles. The quantitative estimate of drug-likeness (QED) is 0.150. The summed E-state index contributed by atoms with van der Waals surface area (Å²) in [6.07, 6.45) is 0. The fraction of sp³-hybridized carbons (Fsp3) is 0.0556.